The van der Waals surface area contributed by atoms with Crippen LogP contribution < -0.4 is 38.1 Å². The Hall–Kier alpha value is -3.91. The summed E-state index contributed by atoms with van der Waals surface area (Å²) >= 11 is 0. The molecule has 0 radical (unpaired) electrons. The molecule has 0 bridgehead atoms. The van der Waals surface area contributed by atoms with Crippen LogP contribution in [0.3, 0.4) is 0 Å². The fourth-order valence-electron chi connectivity index (χ4n) is 2.87. The molecule has 0 fully saturated rings. The Labute approximate surface area is 255 Å². The number of primary amides is 1. The fourth-order valence-corrected chi connectivity index (χ4v) is 2.87. The predicted molar refractivity (Wildman–Crippen MR) is 167 cm³/mol. The topological polar surface area (TPSA) is 227 Å². The number of unbranched alkanes of at least 4 members (excludes halogenated alkanes) is 1. The molecule has 0 aromatic heterocycles. The summed E-state index contributed by atoms with van der Waals surface area (Å²) in [6, 6.07) is 5.49. The number of aliphatic hydroxyl groups excluding tert-OH is 1. The van der Waals surface area contributed by atoms with E-state index in [0.717, 1.165) is 24.8 Å². The van der Waals surface area contributed by atoms with E-state index in [9.17, 15) is 24.0 Å². The number of carbonyl (C=O) groups is 5. The number of nitrogens with one attached hydrogen (secondary N) is 5. The maximum absolute atomic E-state index is 12.1. The first-order valence-electron chi connectivity index (χ1n) is 14.4. The van der Waals surface area contributed by atoms with Crippen molar-refractivity contribution in [3.63, 3.8) is 0 Å². The molecule has 1 aromatic carbocycles. The molecule has 0 aliphatic carbocycles. The maximum atomic E-state index is 12.1. The number of urea groups is 1. The van der Waals surface area contributed by atoms with Crippen LogP contribution in [0.15, 0.2) is 24.3 Å². The summed E-state index contributed by atoms with van der Waals surface area (Å²) in [4.78, 5) is 56.2. The minimum absolute atomic E-state index is 0.0740. The first kappa shape index (κ1) is 41.2. The summed E-state index contributed by atoms with van der Waals surface area (Å²) in [5.41, 5.74) is 10.9. The molecule has 14 nitrogen and oxygen atoms in total. The highest BCUT2D eigenvalue weighted by atomic mass is 16.6. The molecule has 6 amide bonds. The van der Waals surface area contributed by atoms with Gasteiger partial charge < -0.3 is 47.9 Å². The Morgan fingerprint density at radius 2 is 1.51 bits per heavy atom. The van der Waals surface area contributed by atoms with Gasteiger partial charge in [0.1, 0.15) is 11.6 Å². The summed E-state index contributed by atoms with van der Waals surface area (Å²) in [5.74, 6) is -1.42. The van der Waals surface area contributed by atoms with Crippen molar-refractivity contribution in [2.45, 2.75) is 86.0 Å². The van der Waals surface area contributed by atoms with Gasteiger partial charge in [0.25, 0.3) is 0 Å². The maximum Gasteiger partial charge on any atom is 0.407 e. The SMILES string of the molecule is CC(C)C(NC(=O)CN)C(=O)NCC(=O)Nc1ccc(CO)cc1.CCCCNC(=O)OC(C)(C)C.CCCNC(N)=O. The number of anilines is 1. The number of amides is 6. The standard InChI is InChI=1S/C16H24N4O4.C9H19NO2.C4H10N2O/c1-10(2)15(20-13(22)7-17)16(24)18-8-14(23)19-12-5-3-11(9-21)4-6-12;1-5-6-7-10-8(11)12-9(2,3)4;1-2-3-6-4(5)7/h3-6,10,15,21H,7-9,17H2,1-2H3,(H,18,24)(H,19,23)(H,20,22);5-7H2,1-4H3,(H,10,11);2-3H2,1H3,(H3,5,6,7). The number of nitrogens with two attached hydrogens (primary N) is 2. The smallest absolute Gasteiger partial charge is 0.407 e. The van der Waals surface area contributed by atoms with Crippen molar-refractivity contribution in [1.82, 2.24) is 21.3 Å². The Morgan fingerprint density at radius 3 is 1.93 bits per heavy atom. The van der Waals surface area contributed by atoms with Crippen LogP contribution in [0.5, 0.6) is 0 Å². The number of rotatable bonds is 13. The van der Waals surface area contributed by atoms with E-state index in [1.54, 1.807) is 38.1 Å². The van der Waals surface area contributed by atoms with Crippen LogP contribution >= 0.6 is 0 Å². The van der Waals surface area contributed by atoms with Crippen molar-refractivity contribution < 1.29 is 33.8 Å². The second kappa shape index (κ2) is 23.6. The van der Waals surface area contributed by atoms with Crippen LogP contribution in [0.4, 0.5) is 15.3 Å². The number of carbonyl (C=O) groups excluding carboxylic acids is 5. The number of benzene rings is 1. The largest absolute Gasteiger partial charge is 0.444 e. The molecule has 14 heteroatoms. The second-order valence-electron chi connectivity index (χ2n) is 10.7. The van der Waals surface area contributed by atoms with Crippen molar-refractivity contribution in [3.05, 3.63) is 29.8 Å². The lowest BCUT2D eigenvalue weighted by atomic mass is 10.0. The van der Waals surface area contributed by atoms with Gasteiger partial charge in [0.15, 0.2) is 0 Å². The molecule has 0 spiro atoms. The molecule has 0 saturated carbocycles. The third kappa shape index (κ3) is 24.4. The van der Waals surface area contributed by atoms with E-state index in [-0.39, 0.29) is 31.7 Å². The lowest BCUT2D eigenvalue weighted by Gasteiger charge is -2.21. The zero-order valence-electron chi connectivity index (χ0n) is 26.7. The molecule has 1 atom stereocenters. The quantitative estimate of drug-likeness (QED) is 0.153. The molecule has 246 valence electrons. The summed E-state index contributed by atoms with van der Waals surface area (Å²) < 4.78 is 5.03. The highest BCUT2D eigenvalue weighted by Crippen LogP contribution is 2.09. The minimum Gasteiger partial charge on any atom is -0.444 e. The molecule has 0 aliphatic rings. The van der Waals surface area contributed by atoms with Gasteiger partial charge in [-0.2, -0.15) is 0 Å². The fraction of sp³-hybridized carbons (Fsp3) is 0.621. The van der Waals surface area contributed by atoms with Gasteiger partial charge in [0.2, 0.25) is 17.7 Å². The predicted octanol–water partition coefficient (Wildman–Crippen LogP) is 1.71. The van der Waals surface area contributed by atoms with Crippen molar-refractivity contribution in [2.75, 3.05) is 31.5 Å². The Kier molecular flexibility index (Phi) is 22.7. The third-order valence-corrected chi connectivity index (χ3v) is 5.04. The molecule has 0 aliphatic heterocycles. The molecule has 43 heavy (non-hydrogen) atoms. The van der Waals surface area contributed by atoms with Crippen LogP contribution in [-0.4, -0.2) is 72.8 Å². The molecule has 0 heterocycles. The van der Waals surface area contributed by atoms with Crippen molar-refractivity contribution in [1.29, 1.82) is 0 Å². The number of ether oxygens (including phenoxy) is 1. The first-order chi connectivity index (χ1) is 20.1. The molecule has 1 rings (SSSR count). The summed E-state index contributed by atoms with van der Waals surface area (Å²) in [6.07, 6.45) is 2.69. The average Bonchev–Trinajstić information content (AvgIpc) is 2.93. The van der Waals surface area contributed by atoms with Crippen LogP contribution in [0.2, 0.25) is 0 Å². The van der Waals surface area contributed by atoms with Gasteiger partial charge >= 0.3 is 12.1 Å². The van der Waals surface area contributed by atoms with Gasteiger partial charge in [-0.3, -0.25) is 14.4 Å². The molecule has 1 aromatic rings. The van der Waals surface area contributed by atoms with Crippen LogP contribution in [-0.2, 0) is 25.7 Å². The van der Waals surface area contributed by atoms with Crippen LogP contribution in [0.25, 0.3) is 0 Å². The van der Waals surface area contributed by atoms with Crippen LogP contribution in [0.1, 0.15) is 73.3 Å². The van der Waals surface area contributed by atoms with E-state index >= 15 is 0 Å². The second-order valence-corrected chi connectivity index (χ2v) is 10.7. The summed E-state index contributed by atoms with van der Waals surface area (Å²) in [6.45, 7) is 14.0. The highest BCUT2D eigenvalue weighted by Gasteiger charge is 2.24. The number of hydrogen-bond donors (Lipinski definition) is 8. The van der Waals surface area contributed by atoms with Crippen molar-refractivity contribution >= 4 is 35.5 Å². The van der Waals surface area contributed by atoms with Crippen molar-refractivity contribution in [3.8, 4) is 0 Å². The molecular formula is C29H53N7O7. The van der Waals surface area contributed by atoms with E-state index in [4.69, 9.17) is 21.3 Å². The zero-order chi connectivity index (χ0) is 33.4. The molecule has 1 unspecified atom stereocenters. The number of hydrogen-bond acceptors (Lipinski definition) is 8. The Morgan fingerprint density at radius 1 is 0.907 bits per heavy atom. The highest BCUT2D eigenvalue weighted by molar-refractivity contribution is 5.96. The van der Waals surface area contributed by atoms with E-state index < -0.39 is 35.4 Å². The van der Waals surface area contributed by atoms with E-state index in [1.807, 2.05) is 27.7 Å². The van der Waals surface area contributed by atoms with Gasteiger partial charge in [-0.05, 0) is 57.2 Å². The van der Waals surface area contributed by atoms with Gasteiger partial charge in [0, 0.05) is 18.8 Å². The Balaban J connectivity index is 0. The molecule has 10 N–H and O–H groups in total. The average molecular weight is 612 g/mol. The van der Waals surface area contributed by atoms with Gasteiger partial charge in [0.05, 0.1) is 19.7 Å². The lowest BCUT2D eigenvalue weighted by molar-refractivity contribution is -0.130. The van der Waals surface area contributed by atoms with Crippen LogP contribution in [0, 0.1) is 5.92 Å². The molecule has 0 saturated heterocycles. The summed E-state index contributed by atoms with van der Waals surface area (Å²) in [5, 5.41) is 21.7. The third-order valence-electron chi connectivity index (χ3n) is 5.04. The number of alkyl carbamates (subject to hydrolysis) is 1. The minimum atomic E-state index is -0.752. The van der Waals surface area contributed by atoms with E-state index in [1.165, 1.54) is 0 Å². The van der Waals surface area contributed by atoms with Crippen molar-refractivity contribution in [2.24, 2.45) is 17.4 Å². The van der Waals surface area contributed by atoms with Gasteiger partial charge in [-0.1, -0.05) is 46.2 Å². The first-order valence-corrected chi connectivity index (χ1v) is 14.4. The number of aliphatic hydroxyl groups is 1. The van der Waals surface area contributed by atoms with Gasteiger partial charge in [-0.25, -0.2) is 9.59 Å². The van der Waals surface area contributed by atoms with E-state index in [2.05, 4.69) is 33.5 Å². The zero-order valence-corrected chi connectivity index (χ0v) is 26.7. The van der Waals surface area contributed by atoms with E-state index in [0.29, 0.717) is 18.8 Å². The Bertz CT molecular complexity index is 965. The lowest BCUT2D eigenvalue weighted by Crippen LogP contribution is -2.52. The molecular weight excluding hydrogens is 558 g/mol. The van der Waals surface area contributed by atoms with Gasteiger partial charge in [-0.15, -0.1) is 0 Å². The summed E-state index contributed by atoms with van der Waals surface area (Å²) in [7, 11) is 0. The normalized spacial score (nSPS) is 10.9. The monoisotopic (exact) mass is 611 g/mol.